The van der Waals surface area contributed by atoms with Crippen LogP contribution in [0.4, 0.5) is 0 Å². The van der Waals surface area contributed by atoms with Crippen LogP contribution in [0, 0.1) is 0 Å². The van der Waals surface area contributed by atoms with Crippen molar-refractivity contribution in [1.29, 1.82) is 0 Å². The van der Waals surface area contributed by atoms with Gasteiger partial charge in [-0.2, -0.15) is 0 Å². The lowest BCUT2D eigenvalue weighted by Gasteiger charge is -1.27. The predicted molar refractivity (Wildman–Crippen MR) is 34.0 cm³/mol. The molecule has 0 nitrogen and oxygen atoms in total. The van der Waals surface area contributed by atoms with Gasteiger partial charge in [-0.15, -0.1) is 12.6 Å². The van der Waals surface area contributed by atoms with Gasteiger partial charge in [0.05, 0.1) is 0 Å². The number of rotatable bonds is 0. The minimum absolute atomic E-state index is 1.28. The van der Waals surface area contributed by atoms with E-state index in [2.05, 4.69) is 24.8 Å². The van der Waals surface area contributed by atoms with Gasteiger partial charge >= 0.3 is 0 Å². The van der Waals surface area contributed by atoms with Gasteiger partial charge in [0.1, 0.15) is 0 Å². The summed E-state index contributed by atoms with van der Waals surface area (Å²) in [7, 11) is 0. The molecule has 0 rings (SSSR count). The molecule has 0 amide bonds. The highest BCUT2D eigenvalue weighted by Gasteiger charge is 1.18. The van der Waals surface area contributed by atoms with Crippen molar-refractivity contribution in [3.05, 3.63) is 0 Å². The Hall–Kier alpha value is 0.440. The molecular formula is C3H8S2. The highest BCUT2D eigenvalue weighted by molar-refractivity contribution is 8.08. The van der Waals surface area contributed by atoms with E-state index in [0.29, 0.717) is 0 Å². The van der Waals surface area contributed by atoms with Gasteiger partial charge in [0.25, 0.3) is 0 Å². The van der Waals surface area contributed by atoms with Crippen LogP contribution < -0.4 is 0 Å². The molecule has 0 aliphatic rings. The van der Waals surface area contributed by atoms with Gasteiger partial charge in [-0.05, 0) is 0 Å². The summed E-state index contributed by atoms with van der Waals surface area (Å²) >= 11 is 7.61. The van der Waals surface area contributed by atoms with Gasteiger partial charge in [0.15, 0.2) is 0 Å². The first-order chi connectivity index (χ1) is 2.41. The zero-order valence-corrected chi connectivity index (χ0v) is 5.14. The van der Waals surface area contributed by atoms with Gasteiger partial charge in [-0.1, -0.05) is 26.1 Å². The van der Waals surface area contributed by atoms with Crippen LogP contribution in [0.5, 0.6) is 0 Å². The molecule has 0 aliphatic heterocycles. The summed E-state index contributed by atoms with van der Waals surface area (Å²) < 4.78 is 1.28. The van der Waals surface area contributed by atoms with Crippen molar-refractivity contribution in [2.24, 2.45) is 0 Å². The molecule has 0 spiro atoms. The normalized spacial score (nSPS) is 3.80. The molecule has 0 saturated heterocycles. The summed E-state index contributed by atoms with van der Waals surface area (Å²) in [4.78, 5) is 0. The van der Waals surface area contributed by atoms with E-state index >= 15 is 0 Å². The Bertz CT molecular complexity index is 12.4. The second-order valence-corrected chi connectivity index (χ2v) is 0.949. The van der Waals surface area contributed by atoms with Crippen molar-refractivity contribution in [3.8, 4) is 0 Å². The molecule has 0 aliphatic carbocycles. The zero-order valence-electron chi connectivity index (χ0n) is 3.43. The van der Waals surface area contributed by atoms with Crippen LogP contribution in [0.1, 0.15) is 13.8 Å². The molecule has 0 heterocycles. The van der Waals surface area contributed by atoms with Crippen LogP contribution >= 0.6 is 24.8 Å². The smallest absolute Gasteiger partial charge is 0.0310 e. The lowest BCUT2D eigenvalue weighted by molar-refractivity contribution is 1.50. The maximum Gasteiger partial charge on any atom is 0.0310 e. The van der Waals surface area contributed by atoms with Crippen molar-refractivity contribution in [1.82, 2.24) is 0 Å². The molecule has 32 valence electrons. The van der Waals surface area contributed by atoms with Crippen LogP contribution in [0.2, 0.25) is 0 Å². The largest absolute Gasteiger partial charge is 0.140 e. The molecule has 0 unspecified atom stereocenters. The van der Waals surface area contributed by atoms with Gasteiger partial charge in [-0.3, -0.25) is 0 Å². The number of thiol groups is 1. The molecule has 0 saturated carbocycles. The summed E-state index contributed by atoms with van der Waals surface area (Å²) in [5.41, 5.74) is 0. The van der Waals surface area contributed by atoms with Gasteiger partial charge in [0.2, 0.25) is 0 Å². The molecule has 0 bridgehead atoms. The van der Waals surface area contributed by atoms with Crippen molar-refractivity contribution in [3.63, 3.8) is 0 Å². The third kappa shape index (κ3) is 137. The van der Waals surface area contributed by atoms with E-state index in [9.17, 15) is 0 Å². The Labute approximate surface area is 44.0 Å². The predicted octanol–water partition coefficient (Wildman–Crippen LogP) is 1.90. The molecule has 0 aromatic rings. The summed E-state index contributed by atoms with van der Waals surface area (Å²) in [5, 5.41) is 0. The van der Waals surface area contributed by atoms with Crippen molar-refractivity contribution in [2.75, 3.05) is 0 Å². The molecule has 0 radical (unpaired) electrons. The molecule has 2 heteroatoms. The van der Waals surface area contributed by atoms with E-state index in [1.807, 2.05) is 13.8 Å². The van der Waals surface area contributed by atoms with Crippen LogP contribution in [0.25, 0.3) is 0 Å². The van der Waals surface area contributed by atoms with Crippen molar-refractivity contribution >= 4 is 29.5 Å². The Morgan fingerprint density at radius 1 is 1.60 bits per heavy atom. The third-order valence-corrected chi connectivity index (χ3v) is 0. The zero-order chi connectivity index (χ0) is 4.71. The van der Waals surface area contributed by atoms with Crippen LogP contribution in [-0.4, -0.2) is 4.70 Å². The Morgan fingerprint density at radius 2 is 1.60 bits per heavy atom. The highest BCUT2D eigenvalue weighted by atomic mass is 32.1. The number of hydrogen-bond acceptors (Lipinski definition) is 1. The van der Waals surface area contributed by atoms with Gasteiger partial charge in [-0.25, -0.2) is 0 Å². The first-order valence-electron chi connectivity index (χ1n) is 1.49. The average molecular weight is 108 g/mol. The topological polar surface area (TPSA) is 0 Å². The van der Waals surface area contributed by atoms with Crippen molar-refractivity contribution < 1.29 is 0 Å². The average Bonchev–Trinajstić information content (AvgIpc) is 1.46. The fraction of sp³-hybridized carbons (Fsp3) is 0.667. The summed E-state index contributed by atoms with van der Waals surface area (Å²) in [5.74, 6) is 0. The van der Waals surface area contributed by atoms with Crippen LogP contribution in [0.15, 0.2) is 0 Å². The lowest BCUT2D eigenvalue weighted by Crippen LogP contribution is -1.12. The maximum atomic E-state index is 4.13. The molecule has 0 aromatic heterocycles. The second kappa shape index (κ2) is 25.3. The Morgan fingerprint density at radius 3 is 1.60 bits per heavy atom. The maximum absolute atomic E-state index is 4.13. The molecule has 5 heavy (non-hydrogen) atoms. The summed E-state index contributed by atoms with van der Waals surface area (Å²) in [6.07, 6.45) is 0. The van der Waals surface area contributed by atoms with Crippen LogP contribution in [0.3, 0.4) is 0 Å². The molecule has 0 atom stereocenters. The first kappa shape index (κ1) is 9.06. The highest BCUT2D eigenvalue weighted by Crippen LogP contribution is 1.50. The van der Waals surface area contributed by atoms with E-state index in [0.717, 1.165) is 0 Å². The number of thiocarbonyl (C=S) groups is 1. The minimum Gasteiger partial charge on any atom is -0.140 e. The quantitative estimate of drug-likeness (QED) is 0.365. The first-order valence-corrected chi connectivity index (χ1v) is 2.48. The summed E-state index contributed by atoms with van der Waals surface area (Å²) in [6, 6.07) is 0. The molecule has 0 N–H and O–H groups in total. The molecule has 0 aromatic carbocycles. The third-order valence-electron chi connectivity index (χ3n) is 0. The summed E-state index contributed by atoms with van der Waals surface area (Å²) in [6.45, 7) is 4.00. The van der Waals surface area contributed by atoms with Crippen molar-refractivity contribution in [2.45, 2.75) is 13.8 Å². The van der Waals surface area contributed by atoms with E-state index in [4.69, 9.17) is 0 Å². The van der Waals surface area contributed by atoms with E-state index < -0.39 is 0 Å². The Kier molecular flexibility index (Phi) is 45.9. The minimum atomic E-state index is 1.28. The lowest BCUT2D eigenvalue weighted by atomic mass is 11.0. The fourth-order valence-electron chi connectivity index (χ4n) is 0. The molecular weight excluding hydrogens is 100 g/mol. The second-order valence-electron chi connectivity index (χ2n) is 0.105. The number of hydrogen-bond donors (Lipinski definition) is 1. The fourth-order valence-corrected chi connectivity index (χ4v) is 0. The molecule has 0 fully saturated rings. The van der Waals surface area contributed by atoms with E-state index in [1.54, 1.807) is 0 Å². The SMILES string of the molecule is CC.S=CS. The van der Waals surface area contributed by atoms with E-state index in [-0.39, 0.29) is 0 Å². The Balaban J connectivity index is 0. The van der Waals surface area contributed by atoms with Gasteiger partial charge < -0.3 is 0 Å². The van der Waals surface area contributed by atoms with Crippen LogP contribution in [-0.2, 0) is 0 Å². The standard InChI is InChI=1S/C2H6.CH2S2/c1-2;2-1-3/h1-2H3;1H,(H,2,3). The van der Waals surface area contributed by atoms with Gasteiger partial charge in [0, 0.05) is 4.70 Å². The van der Waals surface area contributed by atoms with E-state index in [1.165, 1.54) is 4.70 Å². The monoisotopic (exact) mass is 108 g/mol.